The predicted octanol–water partition coefficient (Wildman–Crippen LogP) is 2.49. The maximum atomic E-state index is 13.8. The van der Waals surface area contributed by atoms with Crippen LogP contribution >= 0.6 is 11.8 Å². The third-order valence-corrected chi connectivity index (χ3v) is 5.29. The SMILES string of the molecule is OC1(CNC2CCSc3c(F)cccc32)CCOCC1. The minimum atomic E-state index is -0.684. The molecule has 0 amide bonds. The van der Waals surface area contributed by atoms with Crippen molar-refractivity contribution < 1.29 is 14.2 Å². The van der Waals surface area contributed by atoms with Crippen LogP contribution in [0.4, 0.5) is 4.39 Å². The topological polar surface area (TPSA) is 41.5 Å². The van der Waals surface area contributed by atoms with Crippen LogP contribution in [0.3, 0.4) is 0 Å². The van der Waals surface area contributed by atoms with Crippen LogP contribution in [0.25, 0.3) is 0 Å². The summed E-state index contributed by atoms with van der Waals surface area (Å²) >= 11 is 1.58. The molecule has 0 spiro atoms. The van der Waals surface area contributed by atoms with Crippen LogP contribution in [0.1, 0.15) is 30.9 Å². The number of halogens is 1. The summed E-state index contributed by atoms with van der Waals surface area (Å²) in [6.07, 6.45) is 2.29. The highest BCUT2D eigenvalue weighted by Gasteiger charge is 2.31. The van der Waals surface area contributed by atoms with Crippen LogP contribution in [0.5, 0.6) is 0 Å². The first-order valence-corrected chi connectivity index (χ1v) is 8.11. The Hall–Kier alpha value is -0.620. The normalized spacial score (nSPS) is 25.2. The number of hydrogen-bond donors (Lipinski definition) is 2. The highest BCUT2D eigenvalue weighted by atomic mass is 32.2. The number of aliphatic hydroxyl groups is 1. The predicted molar refractivity (Wildman–Crippen MR) is 77.5 cm³/mol. The molecule has 5 heteroatoms. The van der Waals surface area contributed by atoms with E-state index in [9.17, 15) is 9.50 Å². The smallest absolute Gasteiger partial charge is 0.137 e. The van der Waals surface area contributed by atoms with Crippen molar-refractivity contribution in [2.75, 3.05) is 25.5 Å². The second-order valence-electron chi connectivity index (χ2n) is 5.57. The van der Waals surface area contributed by atoms with E-state index >= 15 is 0 Å². The number of hydrogen-bond acceptors (Lipinski definition) is 4. The molecule has 1 saturated heterocycles. The van der Waals surface area contributed by atoms with E-state index in [2.05, 4.69) is 5.32 Å². The van der Waals surface area contributed by atoms with E-state index in [-0.39, 0.29) is 11.9 Å². The summed E-state index contributed by atoms with van der Waals surface area (Å²) in [5.41, 5.74) is 0.341. The average molecular weight is 297 g/mol. The maximum Gasteiger partial charge on any atom is 0.137 e. The summed E-state index contributed by atoms with van der Waals surface area (Å²) in [7, 11) is 0. The van der Waals surface area contributed by atoms with Crippen molar-refractivity contribution in [3.63, 3.8) is 0 Å². The average Bonchev–Trinajstić information content (AvgIpc) is 2.47. The first kappa shape index (κ1) is 14.3. The molecule has 2 aliphatic rings. The summed E-state index contributed by atoms with van der Waals surface area (Å²) in [6.45, 7) is 1.77. The van der Waals surface area contributed by atoms with E-state index in [1.807, 2.05) is 6.07 Å². The Labute approximate surface area is 122 Å². The third-order valence-electron chi connectivity index (χ3n) is 4.13. The minimum absolute atomic E-state index is 0.133. The molecule has 0 bridgehead atoms. The summed E-state index contributed by atoms with van der Waals surface area (Å²) < 4.78 is 19.1. The highest BCUT2D eigenvalue weighted by molar-refractivity contribution is 7.99. The first-order chi connectivity index (χ1) is 9.68. The lowest BCUT2D eigenvalue weighted by Gasteiger charge is -2.35. The Bertz CT molecular complexity index is 477. The Morgan fingerprint density at radius 2 is 2.20 bits per heavy atom. The van der Waals surface area contributed by atoms with E-state index in [0.717, 1.165) is 22.6 Å². The molecule has 1 fully saturated rings. The van der Waals surface area contributed by atoms with Crippen molar-refractivity contribution in [2.45, 2.75) is 35.8 Å². The van der Waals surface area contributed by atoms with E-state index in [4.69, 9.17) is 4.74 Å². The van der Waals surface area contributed by atoms with E-state index in [1.54, 1.807) is 17.8 Å². The molecule has 2 N–H and O–H groups in total. The van der Waals surface area contributed by atoms with Gasteiger partial charge in [0.15, 0.2) is 0 Å². The molecule has 110 valence electrons. The number of fused-ring (bicyclic) bond motifs is 1. The fourth-order valence-electron chi connectivity index (χ4n) is 2.84. The lowest BCUT2D eigenvalue weighted by molar-refractivity contribution is -0.0629. The van der Waals surface area contributed by atoms with Crippen LogP contribution in [-0.4, -0.2) is 36.2 Å². The zero-order valence-electron chi connectivity index (χ0n) is 11.4. The van der Waals surface area contributed by atoms with Gasteiger partial charge in [-0.1, -0.05) is 12.1 Å². The molecule has 2 aliphatic heterocycles. The Morgan fingerprint density at radius 3 is 3.00 bits per heavy atom. The lowest BCUT2D eigenvalue weighted by atomic mass is 9.93. The van der Waals surface area contributed by atoms with Gasteiger partial charge in [-0.15, -0.1) is 11.8 Å². The van der Waals surface area contributed by atoms with Gasteiger partial charge in [0.05, 0.1) is 5.60 Å². The molecule has 1 aromatic carbocycles. The number of nitrogens with one attached hydrogen (secondary N) is 1. The minimum Gasteiger partial charge on any atom is -0.388 e. The highest BCUT2D eigenvalue weighted by Crippen LogP contribution is 2.38. The maximum absolute atomic E-state index is 13.8. The molecule has 2 heterocycles. The second kappa shape index (κ2) is 6.02. The van der Waals surface area contributed by atoms with Gasteiger partial charge in [-0.05, 0) is 23.8 Å². The zero-order chi connectivity index (χ0) is 14.0. The van der Waals surface area contributed by atoms with Crippen molar-refractivity contribution in [1.29, 1.82) is 0 Å². The molecule has 1 unspecified atom stereocenters. The molecule has 1 aromatic rings. The van der Waals surface area contributed by atoms with Crippen LogP contribution in [-0.2, 0) is 4.74 Å². The Kier molecular flexibility index (Phi) is 4.31. The largest absolute Gasteiger partial charge is 0.388 e. The zero-order valence-corrected chi connectivity index (χ0v) is 12.2. The molecule has 0 aromatic heterocycles. The molecular formula is C15H20FNO2S. The first-order valence-electron chi connectivity index (χ1n) is 7.13. The van der Waals surface area contributed by atoms with Gasteiger partial charge in [0.2, 0.25) is 0 Å². The Balaban J connectivity index is 1.69. The van der Waals surface area contributed by atoms with Gasteiger partial charge < -0.3 is 15.2 Å². The standard InChI is InChI=1S/C15H20FNO2S/c16-12-3-1-2-11-13(4-9-20-14(11)12)17-10-15(18)5-7-19-8-6-15/h1-3,13,17-18H,4-10H2. The van der Waals surface area contributed by atoms with Gasteiger partial charge in [-0.2, -0.15) is 0 Å². The van der Waals surface area contributed by atoms with Crippen molar-refractivity contribution >= 4 is 11.8 Å². The van der Waals surface area contributed by atoms with Crippen molar-refractivity contribution in [3.05, 3.63) is 29.6 Å². The monoisotopic (exact) mass is 297 g/mol. The van der Waals surface area contributed by atoms with E-state index < -0.39 is 5.60 Å². The molecule has 3 rings (SSSR count). The fraction of sp³-hybridized carbons (Fsp3) is 0.600. The Morgan fingerprint density at radius 1 is 1.40 bits per heavy atom. The number of thioether (sulfide) groups is 1. The molecule has 20 heavy (non-hydrogen) atoms. The summed E-state index contributed by atoms with van der Waals surface area (Å²) in [5.74, 6) is 0.774. The lowest BCUT2D eigenvalue weighted by Crippen LogP contribution is -2.46. The fourth-order valence-corrected chi connectivity index (χ4v) is 3.98. The number of rotatable bonds is 3. The summed E-state index contributed by atoms with van der Waals surface area (Å²) in [4.78, 5) is 0.759. The van der Waals surface area contributed by atoms with Gasteiger partial charge in [0.25, 0.3) is 0 Å². The van der Waals surface area contributed by atoms with Crippen LogP contribution < -0.4 is 5.32 Å². The number of benzene rings is 1. The molecular weight excluding hydrogens is 277 g/mol. The summed E-state index contributed by atoms with van der Waals surface area (Å²) in [5, 5.41) is 13.9. The van der Waals surface area contributed by atoms with Gasteiger partial charge in [-0.3, -0.25) is 0 Å². The van der Waals surface area contributed by atoms with Gasteiger partial charge in [0, 0.05) is 43.5 Å². The van der Waals surface area contributed by atoms with E-state index in [1.165, 1.54) is 6.07 Å². The summed E-state index contributed by atoms with van der Waals surface area (Å²) in [6, 6.07) is 5.39. The second-order valence-corrected chi connectivity index (χ2v) is 6.67. The molecule has 0 radical (unpaired) electrons. The molecule has 3 nitrogen and oxygen atoms in total. The molecule has 1 atom stereocenters. The van der Waals surface area contributed by atoms with Crippen LogP contribution in [0, 0.1) is 5.82 Å². The van der Waals surface area contributed by atoms with Crippen molar-refractivity contribution in [3.8, 4) is 0 Å². The quantitative estimate of drug-likeness (QED) is 0.899. The number of ether oxygens (including phenoxy) is 1. The van der Waals surface area contributed by atoms with E-state index in [0.29, 0.717) is 32.6 Å². The van der Waals surface area contributed by atoms with Gasteiger partial charge in [0.1, 0.15) is 5.82 Å². The van der Waals surface area contributed by atoms with Crippen molar-refractivity contribution in [2.24, 2.45) is 0 Å². The molecule has 0 saturated carbocycles. The van der Waals surface area contributed by atoms with Crippen LogP contribution in [0.2, 0.25) is 0 Å². The van der Waals surface area contributed by atoms with Gasteiger partial charge in [-0.25, -0.2) is 4.39 Å². The van der Waals surface area contributed by atoms with Crippen LogP contribution in [0.15, 0.2) is 23.1 Å². The third kappa shape index (κ3) is 3.01. The molecule has 0 aliphatic carbocycles. The van der Waals surface area contributed by atoms with Gasteiger partial charge >= 0.3 is 0 Å². The van der Waals surface area contributed by atoms with Crippen molar-refractivity contribution in [1.82, 2.24) is 5.32 Å².